The maximum Gasteiger partial charge on any atom is 0.410 e. The van der Waals surface area contributed by atoms with E-state index in [9.17, 15) is 9.59 Å². The van der Waals surface area contributed by atoms with E-state index in [1.807, 2.05) is 45.0 Å². The molecule has 0 aliphatic carbocycles. The number of rotatable bonds is 2. The number of imidazole rings is 1. The van der Waals surface area contributed by atoms with Crippen LogP contribution in [-0.2, 0) is 17.8 Å². The van der Waals surface area contributed by atoms with Gasteiger partial charge in [-0.2, -0.15) is 0 Å². The highest BCUT2D eigenvalue weighted by atomic mass is 127. The maximum absolute atomic E-state index is 12.8. The molecule has 3 rings (SSSR count). The SMILES string of the molecule is COc1ccc(-n2c(I)c3n(c2=O)CCN(C(=O)OC(C)(C)C)C3)cc1. The minimum atomic E-state index is -0.545. The highest BCUT2D eigenvalue weighted by molar-refractivity contribution is 14.1. The summed E-state index contributed by atoms with van der Waals surface area (Å²) in [6.45, 7) is 6.78. The second kappa shape index (κ2) is 6.98. The lowest BCUT2D eigenvalue weighted by atomic mass is 10.2. The number of fused-ring (bicyclic) bond motifs is 1. The smallest absolute Gasteiger partial charge is 0.410 e. The summed E-state index contributed by atoms with van der Waals surface area (Å²) in [7, 11) is 1.60. The molecule has 0 unspecified atom stereocenters. The van der Waals surface area contributed by atoms with Crippen LogP contribution in [0.1, 0.15) is 26.5 Å². The summed E-state index contributed by atoms with van der Waals surface area (Å²) in [4.78, 5) is 26.8. The first kappa shape index (κ1) is 18.8. The summed E-state index contributed by atoms with van der Waals surface area (Å²) in [5.74, 6) is 0.733. The second-order valence-corrected chi connectivity index (χ2v) is 8.13. The van der Waals surface area contributed by atoms with Gasteiger partial charge in [0.05, 0.1) is 25.0 Å². The highest BCUT2D eigenvalue weighted by Gasteiger charge is 2.30. The molecule has 0 spiro atoms. The highest BCUT2D eigenvalue weighted by Crippen LogP contribution is 2.23. The Labute approximate surface area is 165 Å². The molecule has 0 radical (unpaired) electrons. The molecule has 1 aromatic heterocycles. The number of methoxy groups -OCH3 is 1. The summed E-state index contributed by atoms with van der Waals surface area (Å²) >= 11 is 2.16. The molecule has 8 heteroatoms. The van der Waals surface area contributed by atoms with E-state index in [-0.39, 0.29) is 11.8 Å². The molecule has 1 aliphatic rings. The minimum absolute atomic E-state index is 0.0987. The van der Waals surface area contributed by atoms with Crippen molar-refractivity contribution in [2.75, 3.05) is 13.7 Å². The molecule has 2 heterocycles. The molecule has 0 saturated carbocycles. The monoisotopic (exact) mass is 471 g/mol. The standard InChI is InChI=1S/C18H22IN3O4/c1-18(2,3)26-17(24)20-9-10-21-14(11-20)15(19)22(16(21)23)12-5-7-13(25-4)8-6-12/h5-8H,9-11H2,1-4H3. The van der Waals surface area contributed by atoms with E-state index in [4.69, 9.17) is 9.47 Å². The quantitative estimate of drug-likeness (QED) is 0.632. The zero-order valence-electron chi connectivity index (χ0n) is 15.3. The Balaban J connectivity index is 1.92. The van der Waals surface area contributed by atoms with Crippen molar-refractivity contribution in [3.63, 3.8) is 0 Å². The Bertz CT molecular complexity index is 878. The average molecular weight is 471 g/mol. The third-order valence-electron chi connectivity index (χ3n) is 4.10. The lowest BCUT2D eigenvalue weighted by molar-refractivity contribution is 0.0197. The van der Waals surface area contributed by atoms with Gasteiger partial charge in [-0.05, 0) is 67.6 Å². The topological polar surface area (TPSA) is 65.7 Å². The number of benzene rings is 1. The Hall–Kier alpha value is -1.97. The van der Waals surface area contributed by atoms with Crippen LogP contribution in [0.25, 0.3) is 5.69 Å². The summed E-state index contributed by atoms with van der Waals surface area (Å²) in [5.41, 5.74) is 0.948. The molecule has 26 heavy (non-hydrogen) atoms. The van der Waals surface area contributed by atoms with Crippen molar-refractivity contribution in [1.29, 1.82) is 0 Å². The molecule has 1 aromatic carbocycles. The molecule has 1 aliphatic heterocycles. The number of hydrogen-bond acceptors (Lipinski definition) is 4. The van der Waals surface area contributed by atoms with E-state index in [0.717, 1.165) is 20.8 Å². The third kappa shape index (κ3) is 3.60. The van der Waals surface area contributed by atoms with Crippen molar-refractivity contribution in [1.82, 2.24) is 14.0 Å². The van der Waals surface area contributed by atoms with Crippen LogP contribution in [0, 0.1) is 3.70 Å². The van der Waals surface area contributed by atoms with Gasteiger partial charge in [0, 0.05) is 13.1 Å². The van der Waals surface area contributed by atoms with Crippen LogP contribution in [0.4, 0.5) is 4.79 Å². The Morgan fingerprint density at radius 1 is 1.15 bits per heavy atom. The Kier molecular flexibility index (Phi) is 5.05. The van der Waals surface area contributed by atoms with Crippen molar-refractivity contribution >= 4 is 28.7 Å². The van der Waals surface area contributed by atoms with Crippen LogP contribution >= 0.6 is 22.6 Å². The number of amides is 1. The fourth-order valence-electron chi connectivity index (χ4n) is 2.86. The van der Waals surface area contributed by atoms with Crippen LogP contribution in [0.5, 0.6) is 5.75 Å². The van der Waals surface area contributed by atoms with Gasteiger partial charge >= 0.3 is 11.8 Å². The van der Waals surface area contributed by atoms with Gasteiger partial charge < -0.3 is 14.4 Å². The molecule has 0 bridgehead atoms. The predicted molar refractivity (Wildman–Crippen MR) is 106 cm³/mol. The van der Waals surface area contributed by atoms with Crippen molar-refractivity contribution < 1.29 is 14.3 Å². The number of carbonyl (C=O) groups is 1. The molecule has 1 amide bonds. The molecule has 7 nitrogen and oxygen atoms in total. The number of carbonyl (C=O) groups excluding carboxylic acids is 1. The van der Waals surface area contributed by atoms with Crippen LogP contribution < -0.4 is 10.4 Å². The van der Waals surface area contributed by atoms with Gasteiger partial charge in [-0.1, -0.05) is 0 Å². The van der Waals surface area contributed by atoms with Gasteiger partial charge in [0.25, 0.3) is 0 Å². The van der Waals surface area contributed by atoms with Gasteiger partial charge in [0.2, 0.25) is 0 Å². The molecule has 0 fully saturated rings. The summed E-state index contributed by atoms with van der Waals surface area (Å²) < 4.78 is 14.8. The van der Waals surface area contributed by atoms with Crippen molar-refractivity contribution in [3.8, 4) is 11.4 Å². The van der Waals surface area contributed by atoms with Crippen LogP contribution in [-0.4, -0.2) is 39.4 Å². The summed E-state index contributed by atoms with van der Waals surface area (Å²) in [6.07, 6.45) is -0.357. The maximum atomic E-state index is 12.8. The van der Waals surface area contributed by atoms with Gasteiger partial charge in [-0.25, -0.2) is 9.59 Å². The van der Waals surface area contributed by atoms with Crippen LogP contribution in [0.2, 0.25) is 0 Å². The largest absolute Gasteiger partial charge is 0.497 e. The lowest BCUT2D eigenvalue weighted by Gasteiger charge is -2.30. The van der Waals surface area contributed by atoms with Crippen molar-refractivity contribution in [3.05, 3.63) is 44.1 Å². The number of aromatic nitrogens is 2. The van der Waals surface area contributed by atoms with Gasteiger partial charge in [-0.15, -0.1) is 0 Å². The molecular weight excluding hydrogens is 449 g/mol. The van der Waals surface area contributed by atoms with Gasteiger partial charge in [0.1, 0.15) is 15.1 Å². The van der Waals surface area contributed by atoms with Gasteiger partial charge in [-0.3, -0.25) is 9.13 Å². The lowest BCUT2D eigenvalue weighted by Crippen LogP contribution is -2.43. The van der Waals surface area contributed by atoms with E-state index < -0.39 is 5.60 Å². The Morgan fingerprint density at radius 2 is 1.81 bits per heavy atom. The molecule has 0 N–H and O–H groups in total. The summed E-state index contributed by atoms with van der Waals surface area (Å²) in [6, 6.07) is 7.34. The first-order valence-electron chi connectivity index (χ1n) is 8.33. The molecule has 2 aromatic rings. The molecule has 0 atom stereocenters. The van der Waals surface area contributed by atoms with E-state index in [2.05, 4.69) is 22.6 Å². The van der Waals surface area contributed by atoms with E-state index >= 15 is 0 Å². The minimum Gasteiger partial charge on any atom is -0.497 e. The second-order valence-electron chi connectivity index (χ2n) is 7.11. The van der Waals surface area contributed by atoms with Crippen LogP contribution in [0.15, 0.2) is 29.1 Å². The number of hydrogen-bond donors (Lipinski definition) is 0. The van der Waals surface area contributed by atoms with E-state index in [1.54, 1.807) is 21.1 Å². The predicted octanol–water partition coefficient (Wildman–Crippen LogP) is 3.00. The third-order valence-corrected chi connectivity index (χ3v) is 5.20. The fourth-order valence-corrected chi connectivity index (χ4v) is 3.81. The first-order valence-corrected chi connectivity index (χ1v) is 9.41. The normalized spacial score (nSPS) is 14.1. The molecule has 140 valence electrons. The fraction of sp³-hybridized carbons (Fsp3) is 0.444. The molecular formula is C18H22IN3O4. The Morgan fingerprint density at radius 3 is 2.38 bits per heavy atom. The number of halogens is 1. The first-order chi connectivity index (χ1) is 12.2. The number of nitrogens with zero attached hydrogens (tertiary/aromatic N) is 3. The average Bonchev–Trinajstić information content (AvgIpc) is 2.84. The van der Waals surface area contributed by atoms with Gasteiger partial charge in [0.15, 0.2) is 0 Å². The van der Waals surface area contributed by atoms with E-state index in [0.29, 0.717) is 19.6 Å². The zero-order valence-corrected chi connectivity index (χ0v) is 17.4. The van der Waals surface area contributed by atoms with Crippen LogP contribution in [0.3, 0.4) is 0 Å². The zero-order chi connectivity index (χ0) is 19.1. The summed E-state index contributed by atoms with van der Waals surface area (Å²) in [5, 5.41) is 0. The van der Waals surface area contributed by atoms with Crippen molar-refractivity contribution in [2.45, 2.75) is 39.5 Å². The van der Waals surface area contributed by atoms with Crippen molar-refractivity contribution in [2.24, 2.45) is 0 Å². The van der Waals surface area contributed by atoms with E-state index in [1.165, 1.54) is 0 Å². The molecule has 0 saturated heterocycles. The number of ether oxygens (including phenoxy) is 2.